The zero-order valence-electron chi connectivity index (χ0n) is 22.4. The van der Waals surface area contributed by atoms with Crippen molar-refractivity contribution in [3.8, 4) is 0 Å². The largest absolute Gasteiger partial charge is 0.397 e. The molecule has 36 heavy (non-hydrogen) atoms. The maximum absolute atomic E-state index is 6.42. The molecule has 0 radical (unpaired) electrons. The number of aryl methyl sites for hydroxylation is 1. The van der Waals surface area contributed by atoms with E-state index in [-0.39, 0.29) is 11.5 Å². The van der Waals surface area contributed by atoms with E-state index in [1.807, 2.05) is 26.8 Å². The van der Waals surface area contributed by atoms with Crippen molar-refractivity contribution < 1.29 is 0 Å². The first-order chi connectivity index (χ1) is 16.7. The van der Waals surface area contributed by atoms with Gasteiger partial charge in [0.2, 0.25) is 5.62 Å². The molecule has 1 atom stereocenters. The van der Waals surface area contributed by atoms with Gasteiger partial charge in [-0.2, -0.15) is 0 Å². The van der Waals surface area contributed by atoms with E-state index >= 15 is 0 Å². The number of allylic oxidation sites excluding steroid dienone is 2. The SMILES string of the molecule is C=C1C(=C)C(Nc2cc(CNC(=C)c3cc(C(C)(C)C)n(N)c(=NC(C)C(=C)C)n3)ccc2C)=C1N. The minimum atomic E-state index is -0.214. The molecule has 1 aliphatic carbocycles. The fourth-order valence-electron chi connectivity index (χ4n) is 3.66. The predicted octanol–water partition coefficient (Wildman–Crippen LogP) is 4.54. The van der Waals surface area contributed by atoms with Crippen molar-refractivity contribution in [3.05, 3.63) is 107 Å². The fourth-order valence-corrected chi connectivity index (χ4v) is 3.66. The third-order valence-corrected chi connectivity index (χ3v) is 6.40. The normalized spacial score (nSPS) is 15.0. The average Bonchev–Trinajstić information content (AvgIpc) is 2.81. The van der Waals surface area contributed by atoms with Crippen molar-refractivity contribution in [2.24, 2.45) is 10.7 Å². The van der Waals surface area contributed by atoms with E-state index in [1.165, 1.54) is 0 Å². The summed E-state index contributed by atoms with van der Waals surface area (Å²) in [7, 11) is 0. The Kier molecular flexibility index (Phi) is 7.34. The molecule has 1 unspecified atom stereocenters. The molecular formula is C29H39N7. The number of nitrogens with zero attached hydrogens (tertiary/aromatic N) is 3. The summed E-state index contributed by atoms with van der Waals surface area (Å²) in [6.45, 7) is 29.0. The topological polar surface area (TPSA) is 106 Å². The van der Waals surface area contributed by atoms with Gasteiger partial charge in [-0.3, -0.25) is 0 Å². The van der Waals surface area contributed by atoms with Gasteiger partial charge in [-0.1, -0.05) is 64.8 Å². The van der Waals surface area contributed by atoms with E-state index < -0.39 is 0 Å². The first kappa shape index (κ1) is 26.6. The second kappa shape index (κ2) is 9.93. The molecule has 1 aliphatic rings. The fraction of sp³-hybridized carbons (Fsp3) is 0.310. The Morgan fingerprint density at radius 2 is 1.83 bits per heavy atom. The molecule has 0 saturated heterocycles. The molecule has 0 amide bonds. The molecule has 1 heterocycles. The monoisotopic (exact) mass is 485 g/mol. The number of aromatic nitrogens is 2. The second-order valence-electron chi connectivity index (χ2n) is 10.5. The van der Waals surface area contributed by atoms with Crippen molar-refractivity contribution in [2.45, 2.75) is 59.5 Å². The van der Waals surface area contributed by atoms with E-state index in [2.05, 4.69) is 75.9 Å². The van der Waals surface area contributed by atoms with E-state index in [0.717, 1.165) is 44.9 Å². The predicted molar refractivity (Wildman–Crippen MR) is 151 cm³/mol. The number of nitrogens with two attached hydrogens (primary N) is 2. The third-order valence-electron chi connectivity index (χ3n) is 6.40. The summed E-state index contributed by atoms with van der Waals surface area (Å²) in [6.07, 6.45) is 0. The summed E-state index contributed by atoms with van der Waals surface area (Å²) >= 11 is 0. The summed E-state index contributed by atoms with van der Waals surface area (Å²) in [5.41, 5.74) is 15.8. The van der Waals surface area contributed by atoms with Crippen LogP contribution in [0.2, 0.25) is 0 Å². The quantitative estimate of drug-likeness (QED) is 0.325. The van der Waals surface area contributed by atoms with Gasteiger partial charge in [-0.25, -0.2) is 14.7 Å². The number of hydrogen-bond donors (Lipinski definition) is 4. The molecule has 0 fully saturated rings. The molecule has 0 aliphatic heterocycles. The van der Waals surface area contributed by atoms with Gasteiger partial charge in [0.25, 0.3) is 0 Å². The van der Waals surface area contributed by atoms with Crippen LogP contribution >= 0.6 is 0 Å². The third kappa shape index (κ3) is 5.46. The van der Waals surface area contributed by atoms with Gasteiger partial charge in [0.15, 0.2) is 0 Å². The molecule has 2 aromatic rings. The minimum absolute atomic E-state index is 0.108. The summed E-state index contributed by atoms with van der Waals surface area (Å²) in [5.74, 6) is 6.42. The summed E-state index contributed by atoms with van der Waals surface area (Å²) < 4.78 is 1.55. The molecule has 0 saturated carbocycles. The smallest absolute Gasteiger partial charge is 0.245 e. The van der Waals surface area contributed by atoms with Crippen LogP contribution in [0.1, 0.15) is 57.1 Å². The van der Waals surface area contributed by atoms with Gasteiger partial charge >= 0.3 is 0 Å². The summed E-state index contributed by atoms with van der Waals surface area (Å²) in [4.78, 5) is 9.41. The van der Waals surface area contributed by atoms with Crippen LogP contribution in [-0.2, 0) is 12.0 Å². The summed E-state index contributed by atoms with van der Waals surface area (Å²) in [6, 6.07) is 8.09. The van der Waals surface area contributed by atoms with E-state index in [1.54, 1.807) is 4.68 Å². The van der Waals surface area contributed by atoms with E-state index in [4.69, 9.17) is 21.6 Å². The van der Waals surface area contributed by atoms with Crippen LogP contribution in [-0.4, -0.2) is 15.7 Å². The lowest BCUT2D eigenvalue weighted by molar-refractivity contribution is 0.528. The van der Waals surface area contributed by atoms with Gasteiger partial charge < -0.3 is 22.2 Å². The standard InChI is InChI=1S/C29H39N7/c1-16(2)20(6)33-28-35-24(14-25(36(28)31)29(8,9)10)21(7)32-15-22-12-11-17(3)23(13-22)34-27-19(5)18(4)26(27)30/h11-14,20,32,34H,1,4-5,7,15,30-31H2,2-3,6,8-10H3. The molecule has 6 N–H and O–H groups in total. The number of nitrogens with one attached hydrogen (secondary N) is 2. The maximum Gasteiger partial charge on any atom is 0.245 e. The lowest BCUT2D eigenvalue weighted by Crippen LogP contribution is -2.39. The Morgan fingerprint density at radius 3 is 2.42 bits per heavy atom. The Bertz CT molecular complexity index is 1360. The number of nitrogen functional groups attached to an aromatic ring is 1. The molecule has 7 heteroatoms. The van der Waals surface area contributed by atoms with Gasteiger partial charge in [0.05, 0.1) is 34.5 Å². The minimum Gasteiger partial charge on any atom is -0.397 e. The number of rotatable bonds is 8. The van der Waals surface area contributed by atoms with Crippen LogP contribution in [0.3, 0.4) is 0 Å². The van der Waals surface area contributed by atoms with Crippen LogP contribution in [0.5, 0.6) is 0 Å². The number of hydrogen-bond acceptors (Lipinski definition) is 6. The van der Waals surface area contributed by atoms with Crippen LogP contribution in [0.4, 0.5) is 5.69 Å². The first-order valence-electron chi connectivity index (χ1n) is 12.0. The average molecular weight is 486 g/mol. The second-order valence-corrected chi connectivity index (χ2v) is 10.5. The lowest BCUT2D eigenvalue weighted by Gasteiger charge is -2.28. The van der Waals surface area contributed by atoms with Gasteiger partial charge in [-0.15, -0.1) is 0 Å². The van der Waals surface area contributed by atoms with Gasteiger partial charge in [-0.05, 0) is 44.0 Å². The molecule has 1 aromatic carbocycles. The van der Waals surface area contributed by atoms with Crippen molar-refractivity contribution in [1.29, 1.82) is 0 Å². The van der Waals surface area contributed by atoms with Crippen LogP contribution < -0.4 is 27.8 Å². The zero-order valence-corrected chi connectivity index (χ0v) is 22.4. The lowest BCUT2D eigenvalue weighted by atomic mass is 9.89. The van der Waals surface area contributed by atoms with Crippen molar-refractivity contribution in [3.63, 3.8) is 0 Å². The molecule has 190 valence electrons. The highest BCUT2D eigenvalue weighted by atomic mass is 15.3. The van der Waals surface area contributed by atoms with Crippen LogP contribution in [0, 0.1) is 6.92 Å². The Morgan fingerprint density at radius 1 is 1.17 bits per heavy atom. The number of anilines is 1. The van der Waals surface area contributed by atoms with E-state index in [0.29, 0.717) is 29.3 Å². The molecular weight excluding hydrogens is 446 g/mol. The van der Waals surface area contributed by atoms with Crippen molar-refractivity contribution >= 4 is 11.4 Å². The van der Waals surface area contributed by atoms with Crippen molar-refractivity contribution in [1.82, 2.24) is 15.0 Å². The maximum atomic E-state index is 6.42. The molecule has 1 aromatic heterocycles. The van der Waals surface area contributed by atoms with Gasteiger partial charge in [0.1, 0.15) is 0 Å². The Hall–Kier alpha value is -4.00. The van der Waals surface area contributed by atoms with Crippen molar-refractivity contribution in [2.75, 3.05) is 11.2 Å². The highest BCUT2D eigenvalue weighted by Crippen LogP contribution is 2.35. The molecule has 3 rings (SSSR count). The Labute approximate surface area is 214 Å². The molecule has 0 spiro atoms. The highest BCUT2D eigenvalue weighted by molar-refractivity contribution is 5.73. The van der Waals surface area contributed by atoms with E-state index in [9.17, 15) is 0 Å². The molecule has 7 nitrogen and oxygen atoms in total. The number of benzene rings is 1. The molecule has 0 bridgehead atoms. The first-order valence-corrected chi connectivity index (χ1v) is 12.0. The van der Waals surface area contributed by atoms with Crippen LogP contribution in [0.15, 0.2) is 83.7 Å². The van der Waals surface area contributed by atoms with Gasteiger partial charge in [0, 0.05) is 28.8 Å². The highest BCUT2D eigenvalue weighted by Gasteiger charge is 2.24. The Balaban J connectivity index is 1.87. The zero-order chi connectivity index (χ0) is 26.9. The summed E-state index contributed by atoms with van der Waals surface area (Å²) in [5, 5.41) is 6.80. The van der Waals surface area contributed by atoms with Crippen LogP contribution in [0.25, 0.3) is 5.70 Å².